The Bertz CT molecular complexity index is 612. The first-order valence-electron chi connectivity index (χ1n) is 5.18. The molecule has 1 heterocycles. The second kappa shape index (κ2) is 4.52. The van der Waals surface area contributed by atoms with Crippen molar-refractivity contribution in [1.29, 1.82) is 0 Å². The zero-order valence-corrected chi connectivity index (χ0v) is 9.65. The maximum absolute atomic E-state index is 13.2. The van der Waals surface area contributed by atoms with E-state index in [-0.39, 0.29) is 5.69 Å². The highest BCUT2D eigenvalue weighted by atomic mass is 19.1. The molecule has 0 spiro atoms. The van der Waals surface area contributed by atoms with Crippen LogP contribution in [-0.2, 0) is 7.05 Å². The number of carbonyl (C=O) groups is 1. The van der Waals surface area contributed by atoms with Crippen molar-refractivity contribution in [2.24, 2.45) is 7.05 Å². The molecule has 18 heavy (non-hydrogen) atoms. The van der Waals surface area contributed by atoms with Crippen LogP contribution in [0.4, 0.5) is 8.78 Å². The molecule has 0 aliphatic heterocycles. The Labute approximate surface area is 102 Å². The van der Waals surface area contributed by atoms with E-state index in [0.29, 0.717) is 23.1 Å². The monoisotopic (exact) mass is 248 g/mol. The van der Waals surface area contributed by atoms with E-state index in [1.165, 1.54) is 22.9 Å². The average Bonchev–Trinajstić information content (AvgIpc) is 2.63. The van der Waals surface area contributed by atoms with E-state index in [0.717, 1.165) is 6.07 Å². The van der Waals surface area contributed by atoms with Gasteiger partial charge in [0, 0.05) is 24.2 Å². The molecule has 0 saturated carbocycles. The zero-order chi connectivity index (χ0) is 13.3. The second-order valence-electron chi connectivity index (χ2n) is 3.75. The van der Waals surface area contributed by atoms with Crippen LogP contribution in [0.5, 0.6) is 0 Å². The fourth-order valence-electron chi connectivity index (χ4n) is 1.88. The molecule has 5 heteroatoms. The lowest BCUT2D eigenvalue weighted by Gasteiger charge is -2.04. The van der Waals surface area contributed by atoms with Crippen LogP contribution in [0.2, 0.25) is 0 Å². The van der Waals surface area contributed by atoms with Gasteiger partial charge in [0.2, 0.25) is 0 Å². The van der Waals surface area contributed by atoms with Crippen molar-refractivity contribution in [1.82, 2.24) is 9.78 Å². The first-order valence-corrected chi connectivity index (χ1v) is 5.18. The number of halogens is 2. The minimum atomic E-state index is -0.686. The van der Waals surface area contributed by atoms with Gasteiger partial charge in [-0.3, -0.25) is 9.48 Å². The lowest BCUT2D eigenvalue weighted by molar-refractivity contribution is 0.111. The Morgan fingerprint density at radius 2 is 1.89 bits per heavy atom. The van der Waals surface area contributed by atoms with Gasteiger partial charge in [-0.2, -0.15) is 5.10 Å². The van der Waals surface area contributed by atoms with E-state index in [2.05, 4.69) is 11.7 Å². The fraction of sp³-hybridized carbons (Fsp3) is 0.0769. The Morgan fingerprint density at radius 1 is 1.28 bits per heavy atom. The molecule has 0 aliphatic carbocycles. The van der Waals surface area contributed by atoms with E-state index in [1.54, 1.807) is 7.05 Å². The summed E-state index contributed by atoms with van der Waals surface area (Å²) in [4.78, 5) is 10.8. The van der Waals surface area contributed by atoms with Gasteiger partial charge in [-0.25, -0.2) is 8.78 Å². The molecule has 92 valence electrons. The highest BCUT2D eigenvalue weighted by molar-refractivity contribution is 5.85. The summed E-state index contributed by atoms with van der Waals surface area (Å²) in [7, 11) is 1.60. The van der Waals surface area contributed by atoms with Crippen LogP contribution in [0.3, 0.4) is 0 Å². The predicted molar refractivity (Wildman–Crippen MR) is 64.0 cm³/mol. The van der Waals surface area contributed by atoms with Gasteiger partial charge >= 0.3 is 0 Å². The molecule has 0 amide bonds. The fourth-order valence-corrected chi connectivity index (χ4v) is 1.88. The number of aldehydes is 1. The summed E-state index contributed by atoms with van der Waals surface area (Å²) < 4.78 is 27.8. The molecule has 1 aromatic carbocycles. The quantitative estimate of drug-likeness (QED) is 0.783. The predicted octanol–water partition coefficient (Wildman–Crippen LogP) is 2.82. The van der Waals surface area contributed by atoms with Crippen molar-refractivity contribution in [2.75, 3.05) is 0 Å². The maximum Gasteiger partial charge on any atom is 0.170 e. The van der Waals surface area contributed by atoms with Crippen LogP contribution in [-0.4, -0.2) is 16.1 Å². The minimum absolute atomic E-state index is 0.187. The summed E-state index contributed by atoms with van der Waals surface area (Å²) in [5, 5.41) is 3.97. The molecule has 3 nitrogen and oxygen atoms in total. The summed E-state index contributed by atoms with van der Waals surface area (Å²) >= 11 is 0. The summed E-state index contributed by atoms with van der Waals surface area (Å²) in [6, 6.07) is 3.15. The lowest BCUT2D eigenvalue weighted by atomic mass is 10.1. The van der Waals surface area contributed by atoms with E-state index >= 15 is 0 Å². The molecule has 0 atom stereocenters. The van der Waals surface area contributed by atoms with E-state index in [4.69, 9.17) is 0 Å². The van der Waals surface area contributed by atoms with Crippen molar-refractivity contribution in [3.05, 3.63) is 47.7 Å². The van der Waals surface area contributed by atoms with Gasteiger partial charge in [-0.05, 0) is 12.1 Å². The lowest BCUT2D eigenvalue weighted by Crippen LogP contribution is -1.95. The SMILES string of the molecule is C=Cc1c(C=O)nn(C)c1-c1cc(F)cc(F)c1. The standard InChI is InChI=1S/C13H10F2N2O/c1-3-11-12(7-18)16-17(2)13(11)8-4-9(14)6-10(15)5-8/h3-7H,1H2,2H3. The van der Waals surface area contributed by atoms with Gasteiger partial charge in [-0.15, -0.1) is 0 Å². The van der Waals surface area contributed by atoms with Crippen LogP contribution in [0.25, 0.3) is 17.3 Å². The number of benzene rings is 1. The number of aryl methyl sites for hydroxylation is 1. The average molecular weight is 248 g/mol. The number of nitrogens with zero attached hydrogens (tertiary/aromatic N) is 2. The van der Waals surface area contributed by atoms with Gasteiger partial charge in [0.25, 0.3) is 0 Å². The van der Waals surface area contributed by atoms with Gasteiger partial charge in [0.05, 0.1) is 5.69 Å². The van der Waals surface area contributed by atoms with Crippen molar-refractivity contribution in [2.45, 2.75) is 0 Å². The summed E-state index contributed by atoms with van der Waals surface area (Å²) in [6.07, 6.45) is 2.02. The molecule has 1 aromatic heterocycles. The van der Waals surface area contributed by atoms with Gasteiger partial charge in [0.15, 0.2) is 6.29 Å². The molecule has 0 saturated heterocycles. The first-order chi connectivity index (χ1) is 8.56. The third-order valence-electron chi connectivity index (χ3n) is 2.56. The van der Waals surface area contributed by atoms with E-state index in [1.807, 2.05) is 0 Å². The molecule has 0 aliphatic rings. The van der Waals surface area contributed by atoms with Crippen molar-refractivity contribution in [3.8, 4) is 11.3 Å². The Kier molecular flexibility index (Phi) is 3.06. The van der Waals surface area contributed by atoms with Crippen molar-refractivity contribution >= 4 is 12.4 Å². The molecule has 2 rings (SSSR count). The van der Waals surface area contributed by atoms with Crippen LogP contribution in [0, 0.1) is 11.6 Å². The zero-order valence-electron chi connectivity index (χ0n) is 9.65. The third-order valence-corrected chi connectivity index (χ3v) is 2.56. The molecular weight excluding hydrogens is 238 g/mol. The van der Waals surface area contributed by atoms with Crippen LogP contribution in [0.1, 0.15) is 16.1 Å². The number of aromatic nitrogens is 2. The topological polar surface area (TPSA) is 34.9 Å². The number of rotatable bonds is 3. The summed E-state index contributed by atoms with van der Waals surface area (Å²) in [5.74, 6) is -1.37. The first kappa shape index (κ1) is 12.2. The Morgan fingerprint density at radius 3 is 2.39 bits per heavy atom. The number of carbonyl (C=O) groups excluding carboxylic acids is 1. The molecule has 0 fully saturated rings. The molecular formula is C13H10F2N2O. The van der Waals surface area contributed by atoms with Gasteiger partial charge in [0.1, 0.15) is 17.3 Å². The second-order valence-corrected chi connectivity index (χ2v) is 3.75. The largest absolute Gasteiger partial charge is 0.296 e. The van der Waals surface area contributed by atoms with Gasteiger partial charge in [-0.1, -0.05) is 12.7 Å². The smallest absolute Gasteiger partial charge is 0.170 e. The number of hydrogen-bond acceptors (Lipinski definition) is 2. The van der Waals surface area contributed by atoms with Crippen LogP contribution in [0.15, 0.2) is 24.8 Å². The third kappa shape index (κ3) is 1.95. The van der Waals surface area contributed by atoms with Crippen molar-refractivity contribution < 1.29 is 13.6 Å². The molecule has 0 bridgehead atoms. The highest BCUT2D eigenvalue weighted by Crippen LogP contribution is 2.27. The molecule has 0 N–H and O–H groups in total. The molecule has 0 radical (unpaired) electrons. The maximum atomic E-state index is 13.2. The number of hydrogen-bond donors (Lipinski definition) is 0. The van der Waals surface area contributed by atoms with Crippen molar-refractivity contribution in [3.63, 3.8) is 0 Å². The van der Waals surface area contributed by atoms with E-state index < -0.39 is 11.6 Å². The Balaban J connectivity index is 2.73. The van der Waals surface area contributed by atoms with Gasteiger partial charge < -0.3 is 0 Å². The normalized spacial score (nSPS) is 10.4. The Hall–Kier alpha value is -2.30. The van der Waals surface area contributed by atoms with E-state index in [9.17, 15) is 13.6 Å². The summed E-state index contributed by atoms with van der Waals surface area (Å²) in [5.41, 5.74) is 1.40. The molecule has 2 aromatic rings. The minimum Gasteiger partial charge on any atom is -0.296 e. The highest BCUT2D eigenvalue weighted by Gasteiger charge is 2.16. The molecule has 0 unspecified atom stereocenters. The summed E-state index contributed by atoms with van der Waals surface area (Å²) in [6.45, 7) is 3.58. The van der Waals surface area contributed by atoms with Crippen LogP contribution < -0.4 is 0 Å². The van der Waals surface area contributed by atoms with Crippen LogP contribution >= 0.6 is 0 Å².